The lowest BCUT2D eigenvalue weighted by Crippen LogP contribution is -2.03. The van der Waals surface area contributed by atoms with Gasteiger partial charge in [-0.05, 0) is 42.0 Å². The van der Waals surface area contributed by atoms with E-state index in [-0.39, 0.29) is 22.4 Å². The van der Waals surface area contributed by atoms with E-state index in [0.29, 0.717) is 33.4 Å². The van der Waals surface area contributed by atoms with Crippen LogP contribution in [-0.2, 0) is 6.54 Å². The lowest BCUT2D eigenvalue weighted by Gasteiger charge is -2.10. The van der Waals surface area contributed by atoms with Crippen molar-refractivity contribution >= 4 is 51.5 Å². The number of carbonyl (C=O) groups is 1. The monoisotopic (exact) mass is 512 g/mol. The summed E-state index contributed by atoms with van der Waals surface area (Å²) >= 11 is 19.2. The second-order valence-corrected chi connectivity index (χ2v) is 8.53. The number of methoxy groups -OCH3 is 1. The molecule has 0 saturated carbocycles. The van der Waals surface area contributed by atoms with Crippen molar-refractivity contribution < 1.29 is 13.9 Å². The largest absolute Gasteiger partial charge is 0.497 e. The van der Waals surface area contributed by atoms with Crippen LogP contribution in [0.2, 0.25) is 15.2 Å². The average Bonchev–Trinajstić information content (AvgIpc) is 3.44. The van der Waals surface area contributed by atoms with Crippen LogP contribution in [0.15, 0.2) is 65.6 Å². The second-order valence-electron chi connectivity index (χ2n) is 7.32. The van der Waals surface area contributed by atoms with Gasteiger partial charge < -0.3 is 13.7 Å². The van der Waals surface area contributed by atoms with Crippen LogP contribution in [0, 0.1) is 0 Å². The Hall–Kier alpha value is -3.39. The molecule has 0 N–H and O–H groups in total. The molecule has 0 aliphatic carbocycles. The lowest BCUT2D eigenvalue weighted by atomic mass is 10.1. The quantitative estimate of drug-likeness (QED) is 0.247. The van der Waals surface area contributed by atoms with Crippen LogP contribution in [0.3, 0.4) is 0 Å². The molecule has 0 fully saturated rings. The van der Waals surface area contributed by atoms with Crippen molar-refractivity contribution in [3.8, 4) is 17.3 Å². The van der Waals surface area contributed by atoms with Gasteiger partial charge in [0.05, 0.1) is 30.9 Å². The normalized spacial score (nSPS) is 11.2. The van der Waals surface area contributed by atoms with Gasteiger partial charge in [-0.25, -0.2) is 15.0 Å². The smallest absolute Gasteiger partial charge is 0.245 e. The molecule has 10 heteroatoms. The van der Waals surface area contributed by atoms with Crippen molar-refractivity contribution in [3.63, 3.8) is 0 Å². The van der Waals surface area contributed by atoms with Crippen molar-refractivity contribution in [3.05, 3.63) is 93.3 Å². The number of ketones is 1. The molecule has 2 aromatic carbocycles. The number of benzene rings is 2. The molecule has 5 rings (SSSR count). The molecule has 170 valence electrons. The van der Waals surface area contributed by atoms with Crippen LogP contribution in [0.25, 0.3) is 22.5 Å². The first-order valence-corrected chi connectivity index (χ1v) is 11.2. The SMILES string of the molecule is COc1ccc2c(c1)c(C(=O)c1cnc(-c3ccncn3)o1)c(Cl)n2Cc1ccc(Cl)cc1Cl. The molecule has 0 spiro atoms. The Morgan fingerprint density at radius 3 is 2.68 bits per heavy atom. The number of hydrogen-bond acceptors (Lipinski definition) is 6. The topological polar surface area (TPSA) is 83.0 Å². The molecule has 0 atom stereocenters. The highest BCUT2D eigenvalue weighted by Crippen LogP contribution is 2.36. The van der Waals surface area contributed by atoms with Crippen LogP contribution in [0.5, 0.6) is 5.75 Å². The van der Waals surface area contributed by atoms with Gasteiger partial charge >= 0.3 is 0 Å². The van der Waals surface area contributed by atoms with Crippen molar-refractivity contribution in [1.29, 1.82) is 0 Å². The number of halogens is 3. The molecule has 5 aromatic rings. The number of fused-ring (bicyclic) bond motifs is 1. The maximum atomic E-state index is 13.6. The van der Waals surface area contributed by atoms with Gasteiger partial charge in [0.1, 0.15) is 22.9 Å². The fourth-order valence-electron chi connectivity index (χ4n) is 3.66. The Bertz CT molecular complexity index is 1530. The first-order chi connectivity index (χ1) is 16.5. The minimum Gasteiger partial charge on any atom is -0.497 e. The average molecular weight is 514 g/mol. The number of rotatable bonds is 6. The van der Waals surface area contributed by atoms with E-state index < -0.39 is 5.78 Å². The highest BCUT2D eigenvalue weighted by molar-refractivity contribution is 6.37. The van der Waals surface area contributed by atoms with Crippen LogP contribution in [0.1, 0.15) is 21.7 Å². The van der Waals surface area contributed by atoms with Crippen LogP contribution < -0.4 is 4.74 Å². The van der Waals surface area contributed by atoms with E-state index in [1.807, 2.05) is 12.1 Å². The maximum absolute atomic E-state index is 13.6. The Kier molecular flexibility index (Phi) is 6.00. The summed E-state index contributed by atoms with van der Waals surface area (Å²) in [5.74, 6) is 0.397. The molecule has 0 amide bonds. The standard InChI is InChI=1S/C24H15Cl3N4O3/c1-33-15-4-5-19-16(9-15)21(23(27)31(19)11-13-2-3-14(25)8-17(13)26)22(32)20-10-29-24(34-20)18-6-7-28-12-30-18/h2-10,12H,11H2,1H3. The molecule has 0 radical (unpaired) electrons. The third-order valence-electron chi connectivity index (χ3n) is 5.31. The third kappa shape index (κ3) is 4.03. The van der Waals surface area contributed by atoms with E-state index in [2.05, 4.69) is 15.0 Å². The molecular formula is C24H15Cl3N4O3. The van der Waals surface area contributed by atoms with Crippen LogP contribution in [-0.4, -0.2) is 32.4 Å². The summed E-state index contributed by atoms with van der Waals surface area (Å²) < 4.78 is 12.9. The summed E-state index contributed by atoms with van der Waals surface area (Å²) in [5.41, 5.74) is 2.26. The van der Waals surface area contributed by atoms with Crippen molar-refractivity contribution in [2.75, 3.05) is 7.11 Å². The molecule has 0 aliphatic rings. The lowest BCUT2D eigenvalue weighted by molar-refractivity contribution is 0.101. The van der Waals surface area contributed by atoms with E-state index >= 15 is 0 Å². The fourth-order valence-corrected chi connectivity index (χ4v) is 4.47. The molecular weight excluding hydrogens is 499 g/mol. The van der Waals surface area contributed by atoms with Gasteiger partial charge in [-0.2, -0.15) is 0 Å². The predicted molar refractivity (Wildman–Crippen MR) is 130 cm³/mol. The predicted octanol–water partition coefficient (Wildman–Crippen LogP) is 6.33. The van der Waals surface area contributed by atoms with Gasteiger partial charge in [0, 0.05) is 21.6 Å². The van der Waals surface area contributed by atoms with E-state index in [4.69, 9.17) is 44.0 Å². The van der Waals surface area contributed by atoms with Crippen LogP contribution in [0.4, 0.5) is 0 Å². The van der Waals surface area contributed by atoms with E-state index in [9.17, 15) is 4.79 Å². The van der Waals surface area contributed by atoms with Gasteiger partial charge in [0.25, 0.3) is 0 Å². The molecule has 0 aliphatic heterocycles. The fraction of sp³-hybridized carbons (Fsp3) is 0.0833. The van der Waals surface area contributed by atoms with Crippen molar-refractivity contribution in [2.45, 2.75) is 6.54 Å². The molecule has 0 saturated heterocycles. The first-order valence-electron chi connectivity index (χ1n) is 10.0. The molecule has 0 unspecified atom stereocenters. The van der Waals surface area contributed by atoms with Crippen molar-refractivity contribution in [1.82, 2.24) is 19.5 Å². The van der Waals surface area contributed by atoms with E-state index in [1.54, 1.807) is 48.2 Å². The Balaban J connectivity index is 1.62. The number of carbonyl (C=O) groups excluding carboxylic acids is 1. The van der Waals surface area contributed by atoms with E-state index in [0.717, 1.165) is 11.1 Å². The molecule has 34 heavy (non-hydrogen) atoms. The third-order valence-corrected chi connectivity index (χ3v) is 6.29. The molecule has 0 bridgehead atoms. The van der Waals surface area contributed by atoms with Gasteiger partial charge in [-0.15, -0.1) is 0 Å². The summed E-state index contributed by atoms with van der Waals surface area (Å²) in [6.45, 7) is 0.327. The summed E-state index contributed by atoms with van der Waals surface area (Å²) in [6.07, 6.45) is 4.29. The number of aromatic nitrogens is 4. The number of nitrogens with zero attached hydrogens (tertiary/aromatic N) is 4. The minimum atomic E-state index is -0.419. The number of oxazole rings is 1. The highest BCUT2D eigenvalue weighted by atomic mass is 35.5. The Morgan fingerprint density at radius 1 is 1.09 bits per heavy atom. The van der Waals surface area contributed by atoms with Gasteiger partial charge in [0.15, 0.2) is 5.76 Å². The van der Waals surface area contributed by atoms with Crippen LogP contribution >= 0.6 is 34.8 Å². The molecule has 3 heterocycles. The van der Waals surface area contributed by atoms with Gasteiger partial charge in [0.2, 0.25) is 11.7 Å². The van der Waals surface area contributed by atoms with Crippen molar-refractivity contribution in [2.24, 2.45) is 0 Å². The summed E-state index contributed by atoms with van der Waals surface area (Å²) in [4.78, 5) is 25.7. The zero-order valence-corrected chi connectivity index (χ0v) is 19.9. The summed E-state index contributed by atoms with van der Waals surface area (Å²) in [5, 5.41) is 1.87. The zero-order chi connectivity index (χ0) is 23.8. The first kappa shape index (κ1) is 22.4. The molecule has 3 aromatic heterocycles. The Labute approximate surface area is 208 Å². The van der Waals surface area contributed by atoms with E-state index in [1.165, 1.54) is 12.5 Å². The Morgan fingerprint density at radius 2 is 1.94 bits per heavy atom. The molecule has 7 nitrogen and oxygen atoms in total. The second kappa shape index (κ2) is 9.10. The maximum Gasteiger partial charge on any atom is 0.245 e. The highest BCUT2D eigenvalue weighted by Gasteiger charge is 2.26. The van der Waals surface area contributed by atoms with Gasteiger partial charge in [-0.1, -0.05) is 40.9 Å². The number of ether oxygens (including phenoxy) is 1. The number of hydrogen-bond donors (Lipinski definition) is 0. The zero-order valence-electron chi connectivity index (χ0n) is 17.6. The summed E-state index contributed by atoms with van der Waals surface area (Å²) in [7, 11) is 1.55. The van der Waals surface area contributed by atoms with Gasteiger partial charge in [-0.3, -0.25) is 4.79 Å². The minimum absolute atomic E-state index is 0.0295. The summed E-state index contributed by atoms with van der Waals surface area (Å²) in [6, 6.07) is 12.3.